The number of nitrogens with zero attached hydrogens (tertiary/aromatic N) is 1. The van der Waals surface area contributed by atoms with E-state index in [1.807, 2.05) is 6.07 Å². The number of amides is 1. The van der Waals surface area contributed by atoms with E-state index in [0.717, 1.165) is 5.39 Å². The summed E-state index contributed by atoms with van der Waals surface area (Å²) >= 11 is 0. The lowest BCUT2D eigenvalue weighted by Crippen LogP contribution is -2.09. The summed E-state index contributed by atoms with van der Waals surface area (Å²) < 4.78 is 0. The molecule has 0 radical (unpaired) electrons. The number of aromatic nitrogens is 1. The van der Waals surface area contributed by atoms with Crippen LogP contribution in [-0.2, 0) is 4.79 Å². The van der Waals surface area contributed by atoms with E-state index < -0.39 is 0 Å². The Hall–Kier alpha value is -2.10. The number of hydrogen-bond acceptors (Lipinski definition) is 3. The number of pyridine rings is 1. The van der Waals surface area contributed by atoms with Crippen LogP contribution in [0, 0.1) is 0 Å². The van der Waals surface area contributed by atoms with E-state index in [1.165, 1.54) is 6.07 Å². The number of rotatable bonds is 2. The molecule has 0 atom stereocenters. The van der Waals surface area contributed by atoms with Crippen molar-refractivity contribution in [2.45, 2.75) is 13.3 Å². The number of aromatic hydroxyl groups is 1. The predicted molar refractivity (Wildman–Crippen MR) is 62.3 cm³/mol. The van der Waals surface area contributed by atoms with E-state index in [-0.39, 0.29) is 11.7 Å². The first-order chi connectivity index (χ1) is 7.72. The van der Waals surface area contributed by atoms with Gasteiger partial charge in [0.05, 0.1) is 5.69 Å². The number of anilines is 1. The van der Waals surface area contributed by atoms with Crippen LogP contribution in [0.4, 0.5) is 5.69 Å². The third-order valence-electron chi connectivity index (χ3n) is 2.34. The number of benzene rings is 1. The molecule has 0 aliphatic heterocycles. The molecule has 0 saturated carbocycles. The van der Waals surface area contributed by atoms with Crippen LogP contribution in [0.1, 0.15) is 13.3 Å². The van der Waals surface area contributed by atoms with Gasteiger partial charge in [-0.05, 0) is 24.3 Å². The highest BCUT2D eigenvalue weighted by atomic mass is 16.3. The molecule has 2 rings (SSSR count). The fourth-order valence-electron chi connectivity index (χ4n) is 1.51. The first-order valence-corrected chi connectivity index (χ1v) is 5.09. The number of fused-ring (bicyclic) bond motifs is 1. The molecule has 0 fully saturated rings. The lowest BCUT2D eigenvalue weighted by molar-refractivity contribution is -0.115. The Labute approximate surface area is 92.9 Å². The average molecular weight is 216 g/mol. The van der Waals surface area contributed by atoms with E-state index in [1.54, 1.807) is 25.3 Å². The summed E-state index contributed by atoms with van der Waals surface area (Å²) in [5.41, 5.74) is 1.17. The summed E-state index contributed by atoms with van der Waals surface area (Å²) in [5, 5.41) is 13.1. The summed E-state index contributed by atoms with van der Waals surface area (Å²) in [6, 6.07) is 6.78. The van der Waals surface area contributed by atoms with Crippen molar-refractivity contribution in [3.63, 3.8) is 0 Å². The van der Waals surface area contributed by atoms with Crippen molar-refractivity contribution in [1.29, 1.82) is 0 Å². The van der Waals surface area contributed by atoms with E-state index in [9.17, 15) is 9.90 Å². The second kappa shape index (κ2) is 4.18. The second-order valence-electron chi connectivity index (χ2n) is 3.43. The van der Waals surface area contributed by atoms with E-state index in [4.69, 9.17) is 0 Å². The van der Waals surface area contributed by atoms with Gasteiger partial charge in [-0.15, -0.1) is 0 Å². The normalized spacial score (nSPS) is 10.3. The van der Waals surface area contributed by atoms with Gasteiger partial charge in [0.2, 0.25) is 5.91 Å². The molecule has 1 amide bonds. The lowest BCUT2D eigenvalue weighted by Gasteiger charge is -2.08. The Balaban J connectivity index is 2.54. The van der Waals surface area contributed by atoms with Gasteiger partial charge in [0.1, 0.15) is 11.3 Å². The summed E-state index contributed by atoms with van der Waals surface area (Å²) in [7, 11) is 0. The second-order valence-corrected chi connectivity index (χ2v) is 3.43. The molecule has 1 aromatic heterocycles. The van der Waals surface area contributed by atoms with Crippen LogP contribution in [0.5, 0.6) is 5.75 Å². The fourth-order valence-corrected chi connectivity index (χ4v) is 1.51. The van der Waals surface area contributed by atoms with Crippen LogP contribution in [0.2, 0.25) is 0 Å². The molecule has 0 aliphatic carbocycles. The molecule has 0 spiro atoms. The molecule has 2 aromatic rings. The highest BCUT2D eigenvalue weighted by Gasteiger charge is 2.07. The van der Waals surface area contributed by atoms with Crippen molar-refractivity contribution < 1.29 is 9.90 Å². The lowest BCUT2D eigenvalue weighted by atomic mass is 10.1. The van der Waals surface area contributed by atoms with Gasteiger partial charge in [-0.2, -0.15) is 0 Å². The molecule has 1 heterocycles. The highest BCUT2D eigenvalue weighted by molar-refractivity contribution is 6.02. The third-order valence-corrected chi connectivity index (χ3v) is 2.34. The third kappa shape index (κ3) is 1.82. The molecule has 0 saturated heterocycles. The monoisotopic (exact) mass is 216 g/mol. The molecule has 1 aromatic carbocycles. The molecular weight excluding hydrogens is 204 g/mol. The SMILES string of the molecule is CCC(=O)Nc1ccc(O)c2ncccc12. The van der Waals surface area contributed by atoms with E-state index in [0.29, 0.717) is 17.6 Å². The Morgan fingerprint density at radius 2 is 2.25 bits per heavy atom. The van der Waals surface area contributed by atoms with Gasteiger partial charge in [0, 0.05) is 18.0 Å². The molecule has 82 valence electrons. The van der Waals surface area contributed by atoms with Gasteiger partial charge in [-0.1, -0.05) is 6.92 Å². The zero-order valence-electron chi connectivity index (χ0n) is 8.90. The number of phenolic OH excluding ortho intramolecular Hbond substituents is 1. The first kappa shape index (κ1) is 10.4. The molecule has 0 bridgehead atoms. The molecule has 0 unspecified atom stereocenters. The molecule has 16 heavy (non-hydrogen) atoms. The minimum Gasteiger partial charge on any atom is -0.506 e. The van der Waals surface area contributed by atoms with Crippen LogP contribution in [0.3, 0.4) is 0 Å². The Kier molecular flexibility index (Phi) is 2.72. The Bertz CT molecular complexity index is 538. The van der Waals surface area contributed by atoms with Gasteiger partial charge in [-0.3, -0.25) is 9.78 Å². The van der Waals surface area contributed by atoms with Crippen molar-refractivity contribution >= 4 is 22.5 Å². The standard InChI is InChI=1S/C12H12N2O2/c1-2-11(16)14-9-5-6-10(15)12-8(9)4-3-7-13-12/h3-7,15H,2H2,1H3,(H,14,16). The van der Waals surface area contributed by atoms with Gasteiger partial charge >= 0.3 is 0 Å². The molecule has 4 heteroatoms. The highest BCUT2D eigenvalue weighted by Crippen LogP contribution is 2.28. The van der Waals surface area contributed by atoms with Crippen molar-refractivity contribution in [3.8, 4) is 5.75 Å². The summed E-state index contributed by atoms with van der Waals surface area (Å²) in [6.45, 7) is 1.79. The van der Waals surface area contributed by atoms with Crippen LogP contribution < -0.4 is 5.32 Å². The Morgan fingerprint density at radius 3 is 3.00 bits per heavy atom. The molecule has 0 aliphatic rings. The van der Waals surface area contributed by atoms with Crippen molar-refractivity contribution in [1.82, 2.24) is 4.98 Å². The van der Waals surface area contributed by atoms with Crippen molar-refractivity contribution in [2.24, 2.45) is 0 Å². The molecule has 4 nitrogen and oxygen atoms in total. The zero-order valence-corrected chi connectivity index (χ0v) is 8.90. The fraction of sp³-hybridized carbons (Fsp3) is 0.167. The number of phenols is 1. The first-order valence-electron chi connectivity index (χ1n) is 5.09. The van der Waals surface area contributed by atoms with Crippen LogP contribution in [0.25, 0.3) is 10.9 Å². The summed E-state index contributed by atoms with van der Waals surface area (Å²) in [5.74, 6) is 0.0564. The maximum absolute atomic E-state index is 11.3. The van der Waals surface area contributed by atoms with E-state index >= 15 is 0 Å². The number of carbonyl (C=O) groups excluding carboxylic acids is 1. The zero-order chi connectivity index (χ0) is 11.5. The predicted octanol–water partition coefficient (Wildman–Crippen LogP) is 2.29. The van der Waals surface area contributed by atoms with Crippen molar-refractivity contribution in [2.75, 3.05) is 5.32 Å². The largest absolute Gasteiger partial charge is 0.506 e. The maximum Gasteiger partial charge on any atom is 0.224 e. The van der Waals surface area contributed by atoms with Crippen LogP contribution in [0.15, 0.2) is 30.5 Å². The van der Waals surface area contributed by atoms with Gasteiger partial charge < -0.3 is 10.4 Å². The van der Waals surface area contributed by atoms with Crippen LogP contribution in [-0.4, -0.2) is 16.0 Å². The topological polar surface area (TPSA) is 62.2 Å². The van der Waals surface area contributed by atoms with Crippen LogP contribution >= 0.6 is 0 Å². The minimum atomic E-state index is -0.0594. The van der Waals surface area contributed by atoms with Gasteiger partial charge in [0.25, 0.3) is 0 Å². The van der Waals surface area contributed by atoms with Gasteiger partial charge in [-0.25, -0.2) is 0 Å². The molecular formula is C12H12N2O2. The number of hydrogen-bond donors (Lipinski definition) is 2. The number of nitrogens with one attached hydrogen (secondary N) is 1. The Morgan fingerprint density at radius 1 is 1.44 bits per heavy atom. The van der Waals surface area contributed by atoms with E-state index in [2.05, 4.69) is 10.3 Å². The average Bonchev–Trinajstić information content (AvgIpc) is 2.33. The minimum absolute atomic E-state index is 0.0594. The summed E-state index contributed by atoms with van der Waals surface area (Å²) in [6.07, 6.45) is 2.02. The van der Waals surface area contributed by atoms with Crippen molar-refractivity contribution in [3.05, 3.63) is 30.5 Å². The molecule has 2 N–H and O–H groups in total. The van der Waals surface area contributed by atoms with Gasteiger partial charge in [0.15, 0.2) is 0 Å². The summed E-state index contributed by atoms with van der Waals surface area (Å²) in [4.78, 5) is 15.4. The number of carbonyl (C=O) groups is 1. The maximum atomic E-state index is 11.3. The quantitative estimate of drug-likeness (QED) is 0.757. The smallest absolute Gasteiger partial charge is 0.224 e.